The average molecular weight is 445 g/mol. The van der Waals surface area contributed by atoms with E-state index in [0.29, 0.717) is 11.4 Å². The smallest absolute Gasteiger partial charge is 0.326 e. The van der Waals surface area contributed by atoms with Crippen molar-refractivity contribution in [1.82, 2.24) is 25.9 Å². The molecule has 0 radical (unpaired) electrons. The molecule has 0 fully saturated rings. The number of amides is 3. The van der Waals surface area contributed by atoms with E-state index in [4.69, 9.17) is 5.73 Å². The highest BCUT2D eigenvalue weighted by Gasteiger charge is 2.32. The Hall–Kier alpha value is -2.64. The van der Waals surface area contributed by atoms with Crippen LogP contribution in [0.15, 0.2) is 12.5 Å². The van der Waals surface area contributed by atoms with Crippen LogP contribution in [-0.4, -0.2) is 86.7 Å². The van der Waals surface area contributed by atoms with Gasteiger partial charge in [-0.3, -0.25) is 14.4 Å². The summed E-state index contributed by atoms with van der Waals surface area (Å²) in [6.45, 7) is 0.974. The van der Waals surface area contributed by atoms with Crippen LogP contribution in [0.1, 0.15) is 19.0 Å². The number of nitrogens with two attached hydrogens (primary N) is 1. The van der Waals surface area contributed by atoms with Gasteiger partial charge < -0.3 is 36.9 Å². The van der Waals surface area contributed by atoms with E-state index in [1.54, 1.807) is 0 Å². The molecule has 4 atom stereocenters. The summed E-state index contributed by atoms with van der Waals surface area (Å²) in [6.07, 6.45) is 3.53. The maximum atomic E-state index is 12.6. The Bertz CT molecular complexity index is 714. The van der Waals surface area contributed by atoms with Gasteiger partial charge in [0, 0.05) is 18.3 Å². The highest BCUT2D eigenvalue weighted by atomic mass is 32.2. The minimum atomic E-state index is -1.42. The molecule has 30 heavy (non-hydrogen) atoms. The summed E-state index contributed by atoms with van der Waals surface area (Å²) in [6, 6.07) is -3.68. The molecule has 13 heteroatoms. The van der Waals surface area contributed by atoms with Crippen molar-refractivity contribution in [3.05, 3.63) is 18.2 Å². The Morgan fingerprint density at radius 2 is 1.90 bits per heavy atom. The van der Waals surface area contributed by atoms with Crippen LogP contribution in [0.5, 0.6) is 0 Å². The fourth-order valence-electron chi connectivity index (χ4n) is 2.49. The first-order chi connectivity index (χ1) is 14.2. The van der Waals surface area contributed by atoms with Gasteiger partial charge in [0.25, 0.3) is 0 Å². The number of H-pyrrole nitrogens is 1. The quantitative estimate of drug-likeness (QED) is 0.173. The molecule has 0 aliphatic heterocycles. The minimum absolute atomic E-state index is 0.0650. The van der Waals surface area contributed by atoms with Crippen molar-refractivity contribution >= 4 is 35.5 Å². The van der Waals surface area contributed by atoms with E-state index in [1.165, 1.54) is 31.2 Å². The number of carboxylic acid groups (broad SMARTS) is 1. The maximum Gasteiger partial charge on any atom is 0.326 e. The molecule has 0 saturated carbocycles. The van der Waals surface area contributed by atoms with Crippen LogP contribution in [0.25, 0.3) is 0 Å². The zero-order chi connectivity index (χ0) is 22.7. The predicted octanol–water partition coefficient (Wildman–Crippen LogP) is -2.42. The number of carboxylic acids is 1. The van der Waals surface area contributed by atoms with Crippen molar-refractivity contribution in [2.24, 2.45) is 5.73 Å². The fourth-order valence-corrected chi connectivity index (χ4v) is 2.97. The van der Waals surface area contributed by atoms with Crippen LogP contribution in [0.4, 0.5) is 0 Å². The summed E-state index contributed by atoms with van der Waals surface area (Å²) in [5.74, 6) is -2.84. The first-order valence-electron chi connectivity index (χ1n) is 9.16. The van der Waals surface area contributed by atoms with Gasteiger partial charge in [0.2, 0.25) is 17.7 Å². The van der Waals surface area contributed by atoms with Gasteiger partial charge in [-0.2, -0.15) is 11.8 Å². The standard InChI is InChI=1S/C17H28N6O6S/c1-9(24)14(23-15(26)11(3-4-30-2)21-13(25)6-18)16(27)22-12(17(28)29)5-10-7-19-8-20-10/h7-9,11-12,14,24H,3-6,18H2,1-2H3,(H,19,20)(H,21,25)(H,22,27)(H,23,26)(H,28,29). The Kier molecular flexibility index (Phi) is 10.9. The number of rotatable bonds is 13. The van der Waals surface area contributed by atoms with Crippen molar-refractivity contribution in [3.63, 3.8) is 0 Å². The number of nitrogens with one attached hydrogen (secondary N) is 4. The van der Waals surface area contributed by atoms with Crippen LogP contribution >= 0.6 is 11.8 Å². The van der Waals surface area contributed by atoms with E-state index in [0.717, 1.165) is 0 Å². The lowest BCUT2D eigenvalue weighted by Crippen LogP contribution is -2.59. The summed E-state index contributed by atoms with van der Waals surface area (Å²) in [5.41, 5.74) is 5.76. The van der Waals surface area contributed by atoms with Crippen LogP contribution < -0.4 is 21.7 Å². The highest BCUT2D eigenvalue weighted by Crippen LogP contribution is 2.05. The molecular formula is C17H28N6O6S. The van der Waals surface area contributed by atoms with Gasteiger partial charge in [0.15, 0.2) is 0 Å². The van der Waals surface area contributed by atoms with Crippen molar-refractivity contribution in [3.8, 4) is 0 Å². The van der Waals surface area contributed by atoms with Gasteiger partial charge >= 0.3 is 5.97 Å². The maximum absolute atomic E-state index is 12.6. The second-order valence-electron chi connectivity index (χ2n) is 6.51. The summed E-state index contributed by atoms with van der Waals surface area (Å²) >= 11 is 1.46. The number of aliphatic carboxylic acids is 1. The normalized spacial score (nSPS) is 14.8. The number of imidazole rings is 1. The van der Waals surface area contributed by atoms with E-state index in [1.807, 2.05) is 6.26 Å². The molecule has 8 N–H and O–H groups in total. The van der Waals surface area contributed by atoms with Crippen LogP contribution in [0.3, 0.4) is 0 Å². The lowest BCUT2D eigenvalue weighted by molar-refractivity contribution is -0.143. The van der Waals surface area contributed by atoms with Gasteiger partial charge in [-0.1, -0.05) is 0 Å². The third-order valence-electron chi connectivity index (χ3n) is 4.10. The number of aliphatic hydroxyl groups is 1. The van der Waals surface area contributed by atoms with E-state index in [-0.39, 0.29) is 19.4 Å². The molecule has 0 aliphatic rings. The summed E-state index contributed by atoms with van der Waals surface area (Å²) in [4.78, 5) is 54.8. The highest BCUT2D eigenvalue weighted by molar-refractivity contribution is 7.98. The molecule has 168 valence electrons. The SMILES string of the molecule is CSCCC(NC(=O)CN)C(=O)NC(C(=O)NC(Cc1cnc[nH]1)C(=O)O)C(C)O. The number of carbonyl (C=O) groups excluding carboxylic acids is 3. The first-order valence-corrected chi connectivity index (χ1v) is 10.6. The second-order valence-corrected chi connectivity index (χ2v) is 7.50. The molecule has 1 aromatic heterocycles. The average Bonchev–Trinajstić information content (AvgIpc) is 3.20. The Morgan fingerprint density at radius 1 is 1.20 bits per heavy atom. The molecule has 0 aromatic carbocycles. The van der Waals surface area contributed by atoms with Crippen molar-refractivity contribution < 1.29 is 29.4 Å². The van der Waals surface area contributed by atoms with Crippen molar-refractivity contribution in [1.29, 1.82) is 0 Å². The third kappa shape index (κ3) is 8.39. The fraction of sp³-hybridized carbons (Fsp3) is 0.588. The minimum Gasteiger partial charge on any atom is -0.480 e. The van der Waals surface area contributed by atoms with Gasteiger partial charge in [-0.15, -0.1) is 0 Å². The van der Waals surface area contributed by atoms with Gasteiger partial charge in [0.05, 0.1) is 19.0 Å². The third-order valence-corrected chi connectivity index (χ3v) is 4.75. The number of carbonyl (C=O) groups is 4. The number of thioether (sulfide) groups is 1. The van der Waals surface area contributed by atoms with Gasteiger partial charge in [-0.25, -0.2) is 9.78 Å². The molecule has 0 spiro atoms. The zero-order valence-electron chi connectivity index (χ0n) is 16.8. The summed E-state index contributed by atoms with van der Waals surface area (Å²) < 4.78 is 0. The summed E-state index contributed by atoms with van der Waals surface area (Å²) in [7, 11) is 0. The molecule has 4 unspecified atom stereocenters. The molecule has 1 rings (SSSR count). The topological polar surface area (TPSA) is 200 Å². The number of hydrogen-bond donors (Lipinski definition) is 7. The molecule has 0 saturated heterocycles. The van der Waals surface area contributed by atoms with E-state index >= 15 is 0 Å². The number of hydrogen-bond acceptors (Lipinski definition) is 8. The molecule has 1 aromatic rings. The molecular weight excluding hydrogens is 416 g/mol. The van der Waals surface area contributed by atoms with Crippen molar-refractivity contribution in [2.45, 2.75) is 44.0 Å². The molecule has 0 bridgehead atoms. The zero-order valence-corrected chi connectivity index (χ0v) is 17.6. The number of aliphatic hydroxyl groups excluding tert-OH is 1. The lowest BCUT2D eigenvalue weighted by Gasteiger charge is -2.26. The van der Waals surface area contributed by atoms with Crippen LogP contribution in [0.2, 0.25) is 0 Å². The molecule has 0 aliphatic carbocycles. The van der Waals surface area contributed by atoms with Gasteiger partial charge in [-0.05, 0) is 25.4 Å². The number of aromatic nitrogens is 2. The van der Waals surface area contributed by atoms with Crippen LogP contribution in [0, 0.1) is 0 Å². The summed E-state index contributed by atoms with van der Waals surface area (Å²) in [5, 5.41) is 26.5. The Balaban J connectivity index is 2.86. The number of aromatic amines is 1. The second kappa shape index (κ2) is 12.8. The Morgan fingerprint density at radius 3 is 2.40 bits per heavy atom. The molecule has 3 amide bonds. The van der Waals surface area contributed by atoms with E-state index < -0.39 is 47.9 Å². The first kappa shape index (κ1) is 25.4. The molecule has 1 heterocycles. The van der Waals surface area contributed by atoms with Crippen LogP contribution in [-0.2, 0) is 25.6 Å². The largest absolute Gasteiger partial charge is 0.480 e. The predicted molar refractivity (Wildman–Crippen MR) is 109 cm³/mol. The molecule has 12 nitrogen and oxygen atoms in total. The van der Waals surface area contributed by atoms with E-state index in [2.05, 4.69) is 25.9 Å². The lowest BCUT2D eigenvalue weighted by atomic mass is 10.1. The number of nitrogens with zero attached hydrogens (tertiary/aromatic N) is 1. The van der Waals surface area contributed by atoms with Gasteiger partial charge in [0.1, 0.15) is 18.1 Å². The Labute approximate surface area is 177 Å². The van der Waals surface area contributed by atoms with Crippen molar-refractivity contribution in [2.75, 3.05) is 18.6 Å². The monoisotopic (exact) mass is 444 g/mol. The van der Waals surface area contributed by atoms with E-state index in [9.17, 15) is 29.4 Å².